The smallest absolute Gasteiger partial charge is 0.305 e. The number of rotatable bonds is 10. The third kappa shape index (κ3) is 6.95. The van der Waals surface area contributed by atoms with Crippen LogP contribution in [-0.4, -0.2) is 60.0 Å². The molecule has 0 radical (unpaired) electrons. The number of carboxylic acids is 1. The van der Waals surface area contributed by atoms with Gasteiger partial charge in [0, 0.05) is 19.2 Å². The Morgan fingerprint density at radius 2 is 2.00 bits per heavy atom. The third-order valence-electron chi connectivity index (χ3n) is 4.89. The molecule has 9 heteroatoms. The van der Waals surface area contributed by atoms with Crippen LogP contribution in [-0.2, 0) is 4.79 Å². The van der Waals surface area contributed by atoms with E-state index in [0.29, 0.717) is 24.5 Å². The molecule has 5 N–H and O–H groups in total. The van der Waals surface area contributed by atoms with Crippen molar-refractivity contribution < 1.29 is 24.5 Å². The molecule has 9 nitrogen and oxygen atoms in total. The topological polar surface area (TPSA) is 123 Å². The first-order valence-electron chi connectivity index (χ1n) is 10.3. The van der Waals surface area contributed by atoms with Gasteiger partial charge in [0.15, 0.2) is 0 Å². The van der Waals surface area contributed by atoms with Gasteiger partial charge in [0.2, 0.25) is 0 Å². The normalized spacial score (nSPS) is 15.2. The molecule has 1 heterocycles. The Morgan fingerprint density at radius 3 is 2.68 bits per heavy atom. The average molecular weight is 428 g/mol. The Labute approximate surface area is 181 Å². The van der Waals surface area contributed by atoms with Crippen LogP contribution in [0.2, 0.25) is 0 Å². The molecule has 3 rings (SSSR count). The summed E-state index contributed by atoms with van der Waals surface area (Å²) in [6, 6.07) is 12.6. The molecule has 31 heavy (non-hydrogen) atoms. The Bertz CT molecular complexity index is 871. The summed E-state index contributed by atoms with van der Waals surface area (Å²) in [5, 5.41) is 27.5. The summed E-state index contributed by atoms with van der Waals surface area (Å²) in [6.07, 6.45) is 0.820. The lowest BCUT2D eigenvalue weighted by Gasteiger charge is -2.27. The van der Waals surface area contributed by atoms with Crippen LogP contribution < -0.4 is 20.8 Å². The fourth-order valence-electron chi connectivity index (χ4n) is 3.34. The molecule has 1 amide bonds. The lowest BCUT2D eigenvalue weighted by molar-refractivity contribution is -0.137. The summed E-state index contributed by atoms with van der Waals surface area (Å²) in [7, 11) is 0. The summed E-state index contributed by atoms with van der Waals surface area (Å²) in [5.41, 5.74) is 3.99. The summed E-state index contributed by atoms with van der Waals surface area (Å²) >= 11 is 0. The second-order valence-corrected chi connectivity index (χ2v) is 7.25. The SMILES string of the molecule is O=C(O)CC(NC(=O)c1ccc(OCCNN2CCCNC2)cc1O)c1ccccc1. The molecule has 0 aliphatic carbocycles. The van der Waals surface area contributed by atoms with E-state index in [4.69, 9.17) is 4.74 Å². The van der Waals surface area contributed by atoms with Gasteiger partial charge in [-0.1, -0.05) is 30.3 Å². The van der Waals surface area contributed by atoms with Crippen LogP contribution >= 0.6 is 0 Å². The monoisotopic (exact) mass is 428 g/mol. The maximum absolute atomic E-state index is 12.7. The van der Waals surface area contributed by atoms with E-state index in [2.05, 4.69) is 21.1 Å². The van der Waals surface area contributed by atoms with Crippen molar-refractivity contribution in [2.45, 2.75) is 18.9 Å². The third-order valence-corrected chi connectivity index (χ3v) is 4.89. The second kappa shape index (κ2) is 11.3. The first-order valence-corrected chi connectivity index (χ1v) is 10.3. The van der Waals surface area contributed by atoms with E-state index in [1.165, 1.54) is 12.1 Å². The highest BCUT2D eigenvalue weighted by molar-refractivity contribution is 5.97. The van der Waals surface area contributed by atoms with Gasteiger partial charge in [-0.2, -0.15) is 0 Å². The minimum atomic E-state index is -1.03. The molecule has 0 bridgehead atoms. The van der Waals surface area contributed by atoms with Crippen LogP contribution in [0.15, 0.2) is 48.5 Å². The van der Waals surface area contributed by atoms with Crippen molar-refractivity contribution in [2.75, 3.05) is 32.9 Å². The molecule has 0 saturated carbocycles. The van der Waals surface area contributed by atoms with Crippen molar-refractivity contribution in [3.05, 3.63) is 59.7 Å². The van der Waals surface area contributed by atoms with Crippen molar-refractivity contribution in [1.29, 1.82) is 0 Å². The van der Waals surface area contributed by atoms with Crippen LogP contribution in [0.3, 0.4) is 0 Å². The fraction of sp³-hybridized carbons (Fsp3) is 0.364. The molecule has 2 aromatic rings. The number of hydrogen-bond donors (Lipinski definition) is 5. The highest BCUT2D eigenvalue weighted by Gasteiger charge is 2.20. The molecule has 1 fully saturated rings. The number of phenols is 1. The van der Waals surface area contributed by atoms with E-state index >= 15 is 0 Å². The van der Waals surface area contributed by atoms with Crippen LogP contribution in [0, 0.1) is 0 Å². The van der Waals surface area contributed by atoms with E-state index < -0.39 is 17.9 Å². The van der Waals surface area contributed by atoms with Crippen molar-refractivity contribution in [2.24, 2.45) is 0 Å². The number of ether oxygens (including phenoxy) is 1. The van der Waals surface area contributed by atoms with Crippen molar-refractivity contribution in [3.8, 4) is 11.5 Å². The van der Waals surface area contributed by atoms with Gasteiger partial charge in [0.05, 0.1) is 24.7 Å². The zero-order valence-electron chi connectivity index (χ0n) is 17.2. The van der Waals surface area contributed by atoms with Gasteiger partial charge in [-0.3, -0.25) is 15.0 Å². The van der Waals surface area contributed by atoms with Crippen molar-refractivity contribution >= 4 is 11.9 Å². The molecule has 1 aliphatic heterocycles. The number of aromatic hydroxyl groups is 1. The predicted molar refractivity (Wildman–Crippen MR) is 115 cm³/mol. The summed E-state index contributed by atoms with van der Waals surface area (Å²) < 4.78 is 5.64. The quantitative estimate of drug-likeness (QED) is 0.361. The first kappa shape index (κ1) is 22.5. The van der Waals surface area contributed by atoms with E-state index in [-0.39, 0.29) is 17.7 Å². The number of benzene rings is 2. The summed E-state index contributed by atoms with van der Waals surface area (Å²) in [4.78, 5) is 23.9. The highest BCUT2D eigenvalue weighted by Crippen LogP contribution is 2.25. The number of carbonyl (C=O) groups excluding carboxylic acids is 1. The molecule has 1 unspecified atom stereocenters. The zero-order chi connectivity index (χ0) is 22.1. The number of hydrazine groups is 1. The van der Waals surface area contributed by atoms with Gasteiger partial charge in [0.1, 0.15) is 18.1 Å². The van der Waals surface area contributed by atoms with E-state index in [1.54, 1.807) is 30.3 Å². The van der Waals surface area contributed by atoms with Crippen LogP contribution in [0.5, 0.6) is 11.5 Å². The lowest BCUT2D eigenvalue weighted by atomic mass is 10.0. The predicted octanol–water partition coefficient (Wildman–Crippen LogP) is 1.47. The maximum atomic E-state index is 12.7. The zero-order valence-corrected chi connectivity index (χ0v) is 17.2. The summed E-state index contributed by atoms with van der Waals surface area (Å²) in [6.45, 7) is 3.80. The Kier molecular flexibility index (Phi) is 8.22. The Hall–Kier alpha value is -3.14. The van der Waals surface area contributed by atoms with Gasteiger partial charge >= 0.3 is 5.97 Å². The van der Waals surface area contributed by atoms with Crippen molar-refractivity contribution in [1.82, 2.24) is 21.1 Å². The van der Waals surface area contributed by atoms with E-state index in [0.717, 1.165) is 26.2 Å². The maximum Gasteiger partial charge on any atom is 0.305 e. The van der Waals surface area contributed by atoms with Crippen LogP contribution in [0.25, 0.3) is 0 Å². The molecule has 2 aromatic carbocycles. The fourth-order valence-corrected chi connectivity index (χ4v) is 3.34. The molecular weight excluding hydrogens is 400 g/mol. The Balaban J connectivity index is 1.55. The minimum absolute atomic E-state index is 0.0520. The number of carbonyl (C=O) groups is 2. The number of amides is 1. The van der Waals surface area contributed by atoms with Gasteiger partial charge in [-0.25, -0.2) is 5.01 Å². The van der Waals surface area contributed by atoms with Crippen LogP contribution in [0.1, 0.15) is 34.8 Å². The molecule has 1 atom stereocenters. The first-order chi connectivity index (χ1) is 15.0. The highest BCUT2D eigenvalue weighted by atomic mass is 16.5. The number of hydrogen-bond acceptors (Lipinski definition) is 7. The standard InChI is InChI=1S/C22H28N4O5/c27-20-13-17(31-12-10-24-26-11-4-9-23-15-26)7-8-18(20)22(30)25-19(14-21(28)29)16-5-2-1-3-6-16/h1-3,5-8,13,19,23-24,27H,4,9-12,14-15H2,(H,25,30)(H,28,29). The van der Waals surface area contributed by atoms with Gasteiger partial charge in [0.25, 0.3) is 5.91 Å². The Morgan fingerprint density at radius 1 is 1.19 bits per heavy atom. The molecule has 166 valence electrons. The van der Waals surface area contributed by atoms with Gasteiger partial charge in [-0.15, -0.1) is 0 Å². The lowest BCUT2D eigenvalue weighted by Crippen LogP contribution is -2.50. The van der Waals surface area contributed by atoms with E-state index in [9.17, 15) is 19.8 Å². The second-order valence-electron chi connectivity index (χ2n) is 7.25. The number of carboxylic acid groups (broad SMARTS) is 1. The molecule has 0 spiro atoms. The number of aliphatic carboxylic acids is 1. The summed E-state index contributed by atoms with van der Waals surface area (Å²) in [5.74, 6) is -1.38. The van der Waals surface area contributed by atoms with Crippen LogP contribution in [0.4, 0.5) is 0 Å². The molecule has 0 aromatic heterocycles. The minimum Gasteiger partial charge on any atom is -0.507 e. The number of nitrogens with zero attached hydrogens (tertiary/aromatic N) is 1. The number of phenolic OH excluding ortho intramolecular Hbond substituents is 1. The van der Waals surface area contributed by atoms with Crippen molar-refractivity contribution in [3.63, 3.8) is 0 Å². The van der Waals surface area contributed by atoms with Gasteiger partial charge < -0.3 is 25.6 Å². The van der Waals surface area contributed by atoms with E-state index in [1.807, 2.05) is 6.07 Å². The largest absolute Gasteiger partial charge is 0.507 e. The molecule has 1 aliphatic rings. The molecular formula is C22H28N4O5. The average Bonchev–Trinajstić information content (AvgIpc) is 2.77. The number of nitrogens with one attached hydrogen (secondary N) is 3. The van der Waals surface area contributed by atoms with Gasteiger partial charge in [-0.05, 0) is 30.7 Å². The molecule has 1 saturated heterocycles.